The maximum absolute atomic E-state index is 12.0. The van der Waals surface area contributed by atoms with Gasteiger partial charge in [0.2, 0.25) is 0 Å². The Bertz CT molecular complexity index is 1050. The Hall–Kier alpha value is -2.72. The van der Waals surface area contributed by atoms with Crippen molar-refractivity contribution in [2.75, 3.05) is 36.5 Å². The first-order valence-electron chi connectivity index (χ1n) is 10.5. The molecule has 1 fully saturated rings. The van der Waals surface area contributed by atoms with Gasteiger partial charge in [0, 0.05) is 31.1 Å². The predicted molar refractivity (Wildman–Crippen MR) is 122 cm³/mol. The molecule has 0 saturated carbocycles. The predicted octanol–water partition coefficient (Wildman–Crippen LogP) is 2.18. The summed E-state index contributed by atoms with van der Waals surface area (Å²) in [6.45, 7) is 7.19. The number of sulfone groups is 1. The van der Waals surface area contributed by atoms with Crippen molar-refractivity contribution in [3.8, 4) is 0 Å². The van der Waals surface area contributed by atoms with Crippen LogP contribution in [0.25, 0.3) is 0 Å². The van der Waals surface area contributed by atoms with Gasteiger partial charge in [-0.25, -0.2) is 18.4 Å². The van der Waals surface area contributed by atoms with Gasteiger partial charge < -0.3 is 21.3 Å². The number of likely N-dealkylation sites (tertiary alicyclic amines) is 1. The molecule has 1 aliphatic rings. The largest absolute Gasteiger partial charge is 0.366 e. The van der Waals surface area contributed by atoms with E-state index in [0.717, 1.165) is 38.7 Å². The van der Waals surface area contributed by atoms with E-state index in [-0.39, 0.29) is 22.4 Å². The third-order valence-corrected chi connectivity index (χ3v) is 6.55. The van der Waals surface area contributed by atoms with Crippen molar-refractivity contribution in [3.05, 3.63) is 35.7 Å². The topological polar surface area (TPSA) is 130 Å². The molecule has 9 nitrogen and oxygen atoms in total. The zero-order valence-electron chi connectivity index (χ0n) is 18.2. The maximum Gasteiger partial charge on any atom is 0.271 e. The molecule has 168 valence electrons. The number of rotatable bonds is 8. The van der Waals surface area contributed by atoms with Crippen molar-refractivity contribution in [1.82, 2.24) is 14.9 Å². The van der Waals surface area contributed by atoms with Crippen LogP contribution >= 0.6 is 0 Å². The van der Waals surface area contributed by atoms with Gasteiger partial charge in [-0.3, -0.25) is 4.79 Å². The van der Waals surface area contributed by atoms with Gasteiger partial charge in [-0.2, -0.15) is 0 Å². The molecule has 0 radical (unpaired) electrons. The van der Waals surface area contributed by atoms with Gasteiger partial charge in [0.15, 0.2) is 27.2 Å². The molecular weight excluding hydrogens is 416 g/mol. The summed E-state index contributed by atoms with van der Waals surface area (Å²) in [5.41, 5.74) is 6.72. The summed E-state index contributed by atoms with van der Waals surface area (Å²) in [5, 5.41) is 6.51. The number of nitrogens with two attached hydrogens (primary N) is 1. The average molecular weight is 447 g/mol. The number of carbonyl (C=O) groups excluding carboxylic acids is 1. The number of benzene rings is 1. The van der Waals surface area contributed by atoms with E-state index in [2.05, 4.69) is 32.4 Å². The average Bonchev–Trinajstić information content (AvgIpc) is 2.74. The number of carbonyl (C=O) groups is 1. The fraction of sp³-hybridized carbons (Fsp3) is 0.476. The molecule has 0 aliphatic carbocycles. The second-order valence-corrected chi connectivity index (χ2v) is 9.73. The number of aryl methyl sites for hydroxylation is 1. The maximum atomic E-state index is 12.0. The van der Waals surface area contributed by atoms with Crippen molar-refractivity contribution in [2.24, 2.45) is 5.73 Å². The van der Waals surface area contributed by atoms with Crippen molar-refractivity contribution in [2.45, 2.75) is 44.0 Å². The third-order valence-electron chi connectivity index (χ3n) is 5.44. The molecule has 1 aromatic heterocycles. The molecule has 31 heavy (non-hydrogen) atoms. The summed E-state index contributed by atoms with van der Waals surface area (Å²) < 4.78 is 23.7. The second-order valence-electron chi connectivity index (χ2n) is 7.71. The summed E-state index contributed by atoms with van der Waals surface area (Å²) in [7, 11) is -3.37. The molecule has 1 aliphatic heterocycles. The Balaban J connectivity index is 1.92. The second kappa shape index (κ2) is 9.61. The quantitative estimate of drug-likeness (QED) is 0.562. The van der Waals surface area contributed by atoms with E-state index in [4.69, 9.17) is 5.73 Å². The lowest BCUT2D eigenvalue weighted by molar-refractivity contribution is 0.0996. The first-order valence-corrected chi connectivity index (χ1v) is 12.4. The lowest BCUT2D eigenvalue weighted by atomic mass is 10.0. The minimum atomic E-state index is -3.37. The van der Waals surface area contributed by atoms with Crippen molar-refractivity contribution in [1.29, 1.82) is 0 Å². The summed E-state index contributed by atoms with van der Waals surface area (Å²) in [5.74, 6) is 0.111. The fourth-order valence-corrected chi connectivity index (χ4v) is 4.29. The smallest absolute Gasteiger partial charge is 0.271 e. The van der Waals surface area contributed by atoms with E-state index >= 15 is 0 Å². The molecule has 0 unspecified atom stereocenters. The molecule has 4 N–H and O–H groups in total. The van der Waals surface area contributed by atoms with Gasteiger partial charge in [-0.1, -0.05) is 19.9 Å². The standard InChI is InChI=1S/C21H30N6O3S/c1-4-17-20(23-14-9-11-27(5-2)12-10-14)26-21(18(25-17)19(22)28)24-15-7-6-8-16(13-15)31(3,29)30/h6-8,13-14H,4-5,9-12H2,1-3H3,(H2,22,28)(H2,23,24,26). The first kappa shape index (κ1) is 23.0. The van der Waals surface area contributed by atoms with Crippen LogP contribution in [0.4, 0.5) is 17.3 Å². The van der Waals surface area contributed by atoms with Gasteiger partial charge in [0.05, 0.1) is 10.6 Å². The van der Waals surface area contributed by atoms with E-state index in [1.54, 1.807) is 12.1 Å². The summed E-state index contributed by atoms with van der Waals surface area (Å²) in [4.78, 5) is 23.7. The number of hydrogen-bond acceptors (Lipinski definition) is 8. The van der Waals surface area contributed by atoms with E-state index in [1.165, 1.54) is 12.1 Å². The molecule has 1 saturated heterocycles. The highest BCUT2D eigenvalue weighted by molar-refractivity contribution is 7.90. The zero-order chi connectivity index (χ0) is 22.6. The van der Waals surface area contributed by atoms with Gasteiger partial charge in [0.1, 0.15) is 0 Å². The van der Waals surface area contributed by atoms with Crippen LogP contribution in [0, 0.1) is 0 Å². The summed E-state index contributed by atoms with van der Waals surface area (Å²) in [6, 6.07) is 6.59. The summed E-state index contributed by atoms with van der Waals surface area (Å²) >= 11 is 0. The van der Waals surface area contributed by atoms with Crippen LogP contribution in [-0.2, 0) is 16.3 Å². The number of anilines is 3. The first-order chi connectivity index (χ1) is 14.7. The van der Waals surface area contributed by atoms with Crippen LogP contribution < -0.4 is 16.4 Å². The zero-order valence-corrected chi connectivity index (χ0v) is 19.0. The van der Waals surface area contributed by atoms with Gasteiger partial charge in [-0.05, 0) is 44.0 Å². The molecule has 10 heteroatoms. The lowest BCUT2D eigenvalue weighted by Gasteiger charge is -2.32. The lowest BCUT2D eigenvalue weighted by Crippen LogP contribution is -2.39. The minimum Gasteiger partial charge on any atom is -0.366 e. The highest BCUT2D eigenvalue weighted by Crippen LogP contribution is 2.25. The SMILES string of the molecule is CCc1nc(C(N)=O)c(Nc2cccc(S(C)(=O)=O)c2)nc1NC1CCN(CC)CC1. The molecule has 3 rings (SSSR count). The molecule has 0 atom stereocenters. The van der Waals surface area contributed by atoms with Crippen LogP contribution in [0.3, 0.4) is 0 Å². The van der Waals surface area contributed by atoms with E-state index < -0.39 is 15.7 Å². The van der Waals surface area contributed by atoms with Crippen LogP contribution in [0.5, 0.6) is 0 Å². The number of amides is 1. The Morgan fingerprint density at radius 2 is 1.90 bits per heavy atom. The Morgan fingerprint density at radius 1 is 1.19 bits per heavy atom. The van der Waals surface area contributed by atoms with Crippen molar-refractivity contribution < 1.29 is 13.2 Å². The van der Waals surface area contributed by atoms with Gasteiger partial charge in [0.25, 0.3) is 5.91 Å². The monoisotopic (exact) mass is 446 g/mol. The van der Waals surface area contributed by atoms with Gasteiger partial charge >= 0.3 is 0 Å². The highest BCUT2D eigenvalue weighted by Gasteiger charge is 2.22. The molecule has 2 heterocycles. The van der Waals surface area contributed by atoms with Crippen LogP contribution in [0.15, 0.2) is 29.2 Å². The van der Waals surface area contributed by atoms with E-state index in [9.17, 15) is 13.2 Å². The Labute approximate surface area is 183 Å². The molecule has 1 aromatic carbocycles. The van der Waals surface area contributed by atoms with E-state index in [0.29, 0.717) is 23.6 Å². The normalized spacial score (nSPS) is 15.6. The van der Waals surface area contributed by atoms with Crippen molar-refractivity contribution >= 4 is 33.1 Å². The Morgan fingerprint density at radius 3 is 2.48 bits per heavy atom. The molecule has 0 bridgehead atoms. The molecule has 0 spiro atoms. The third kappa shape index (κ3) is 5.71. The number of nitrogens with one attached hydrogen (secondary N) is 2. The van der Waals surface area contributed by atoms with Crippen LogP contribution in [0.2, 0.25) is 0 Å². The Kier molecular flexibility index (Phi) is 7.11. The minimum absolute atomic E-state index is 0.0213. The molecule has 1 amide bonds. The number of nitrogens with zero attached hydrogens (tertiary/aromatic N) is 3. The number of piperidine rings is 1. The van der Waals surface area contributed by atoms with E-state index in [1.807, 2.05) is 6.92 Å². The van der Waals surface area contributed by atoms with Crippen LogP contribution in [-0.4, -0.2) is 61.1 Å². The molecule has 2 aromatic rings. The van der Waals surface area contributed by atoms with Crippen LogP contribution in [0.1, 0.15) is 42.9 Å². The number of aromatic nitrogens is 2. The molecular formula is C21H30N6O3S. The number of primary amides is 1. The highest BCUT2D eigenvalue weighted by atomic mass is 32.2. The van der Waals surface area contributed by atoms with Gasteiger partial charge in [-0.15, -0.1) is 0 Å². The number of hydrogen-bond donors (Lipinski definition) is 3. The van der Waals surface area contributed by atoms with Crippen molar-refractivity contribution in [3.63, 3.8) is 0 Å². The fourth-order valence-electron chi connectivity index (χ4n) is 3.62. The summed E-state index contributed by atoms with van der Waals surface area (Å²) in [6.07, 6.45) is 3.72.